The average molecular weight is 274 g/mol. The first kappa shape index (κ1) is 12.0. The van der Waals surface area contributed by atoms with Gasteiger partial charge in [-0.25, -0.2) is 9.97 Å². The van der Waals surface area contributed by atoms with E-state index in [9.17, 15) is 5.11 Å². The number of imidazole rings is 1. The molecule has 3 rings (SSSR count). The predicted molar refractivity (Wildman–Crippen MR) is 75.3 cm³/mol. The molecule has 0 bridgehead atoms. The van der Waals surface area contributed by atoms with Crippen LogP contribution in [0.4, 0.5) is 0 Å². The molecule has 3 aromatic rings. The number of nitrogens with zero attached hydrogens (tertiary/aromatic N) is 3. The number of pyridine rings is 1. The normalized spacial score (nSPS) is 11.1. The van der Waals surface area contributed by atoms with Gasteiger partial charge in [0.05, 0.1) is 5.56 Å². The molecule has 0 unspecified atom stereocenters. The van der Waals surface area contributed by atoms with Crippen LogP contribution in [0.3, 0.4) is 0 Å². The number of fused-ring (bicyclic) bond motifs is 1. The first-order chi connectivity index (χ1) is 9.20. The lowest BCUT2D eigenvalue weighted by Crippen LogP contribution is -1.98. The van der Waals surface area contributed by atoms with E-state index in [1.807, 2.05) is 23.6 Å². The number of halogens is 1. The Balaban J connectivity index is 2.33. The largest absolute Gasteiger partial charge is 0.507 e. The number of phenols is 1. The molecule has 1 N–H and O–H groups in total. The van der Waals surface area contributed by atoms with E-state index in [2.05, 4.69) is 9.97 Å². The lowest BCUT2D eigenvalue weighted by molar-refractivity contribution is 0.476. The molecule has 0 aliphatic carbocycles. The van der Waals surface area contributed by atoms with Gasteiger partial charge in [-0.1, -0.05) is 11.6 Å². The van der Waals surface area contributed by atoms with E-state index in [0.29, 0.717) is 16.4 Å². The summed E-state index contributed by atoms with van der Waals surface area (Å²) < 4.78 is 1.96. The molecule has 0 amide bonds. The minimum atomic E-state index is 0.161. The molecule has 0 saturated carbocycles. The molecule has 19 heavy (non-hydrogen) atoms. The highest BCUT2D eigenvalue weighted by molar-refractivity contribution is 6.30. The zero-order chi connectivity index (χ0) is 13.4. The second-order valence-electron chi connectivity index (χ2n) is 4.19. The molecule has 0 aliphatic heterocycles. The van der Waals surface area contributed by atoms with Gasteiger partial charge in [0.25, 0.3) is 0 Å². The smallest absolute Gasteiger partial charge is 0.160 e. The molecule has 96 valence electrons. The van der Waals surface area contributed by atoms with Crippen molar-refractivity contribution in [2.75, 3.05) is 0 Å². The first-order valence-corrected chi connectivity index (χ1v) is 6.38. The lowest BCUT2D eigenvalue weighted by atomic mass is 10.2. The van der Waals surface area contributed by atoms with Crippen LogP contribution in [0.5, 0.6) is 5.75 Å². The quantitative estimate of drug-likeness (QED) is 0.778. The van der Waals surface area contributed by atoms with Crippen LogP contribution in [0, 0.1) is 0 Å². The van der Waals surface area contributed by atoms with Gasteiger partial charge in [-0.3, -0.25) is 0 Å². The summed E-state index contributed by atoms with van der Waals surface area (Å²) in [4.78, 5) is 8.87. The van der Waals surface area contributed by atoms with Crippen molar-refractivity contribution in [3.63, 3.8) is 0 Å². The maximum atomic E-state index is 10.0. The summed E-state index contributed by atoms with van der Waals surface area (Å²) in [6, 6.07) is 8.68. The number of aryl methyl sites for hydroxylation is 1. The molecule has 4 nitrogen and oxygen atoms in total. The third-order valence-electron chi connectivity index (χ3n) is 3.02. The van der Waals surface area contributed by atoms with Gasteiger partial charge in [0, 0.05) is 17.8 Å². The van der Waals surface area contributed by atoms with Crippen LogP contribution >= 0.6 is 11.6 Å². The molecular weight excluding hydrogens is 262 g/mol. The van der Waals surface area contributed by atoms with Gasteiger partial charge in [-0.2, -0.15) is 0 Å². The fourth-order valence-corrected chi connectivity index (χ4v) is 2.32. The van der Waals surface area contributed by atoms with E-state index < -0.39 is 0 Å². The highest BCUT2D eigenvalue weighted by Crippen LogP contribution is 2.32. The van der Waals surface area contributed by atoms with E-state index in [4.69, 9.17) is 11.6 Å². The molecule has 1 aromatic carbocycles. The molecule has 0 saturated heterocycles. The van der Waals surface area contributed by atoms with Crippen molar-refractivity contribution in [2.45, 2.75) is 13.5 Å². The summed E-state index contributed by atoms with van der Waals surface area (Å²) in [5.41, 5.74) is 2.23. The third-order valence-corrected chi connectivity index (χ3v) is 3.25. The summed E-state index contributed by atoms with van der Waals surface area (Å²) in [5, 5.41) is 10.6. The van der Waals surface area contributed by atoms with Crippen molar-refractivity contribution in [2.24, 2.45) is 0 Å². The highest BCUT2D eigenvalue weighted by atomic mass is 35.5. The van der Waals surface area contributed by atoms with Crippen LogP contribution in [0.2, 0.25) is 5.02 Å². The Morgan fingerprint density at radius 2 is 2.16 bits per heavy atom. The van der Waals surface area contributed by atoms with E-state index in [0.717, 1.165) is 17.7 Å². The molecule has 0 radical (unpaired) electrons. The van der Waals surface area contributed by atoms with Crippen LogP contribution in [-0.4, -0.2) is 19.6 Å². The zero-order valence-corrected chi connectivity index (χ0v) is 11.1. The number of rotatable bonds is 2. The van der Waals surface area contributed by atoms with Crippen LogP contribution < -0.4 is 0 Å². The maximum absolute atomic E-state index is 10.0. The Labute approximate surface area is 115 Å². The van der Waals surface area contributed by atoms with Crippen molar-refractivity contribution in [3.8, 4) is 17.1 Å². The number of aromatic nitrogens is 3. The Hall–Kier alpha value is -2.07. The topological polar surface area (TPSA) is 50.9 Å². The molecule has 0 atom stereocenters. The standard InChI is InChI=1S/C14H12ClN3O/c1-2-18-13(10-8-9(15)5-6-12(10)19)17-11-4-3-7-16-14(11)18/h3-8,19H,2H2,1H3. The van der Waals surface area contributed by atoms with E-state index in [1.54, 1.807) is 24.4 Å². The van der Waals surface area contributed by atoms with E-state index >= 15 is 0 Å². The number of phenolic OH excluding ortho intramolecular Hbond substituents is 1. The van der Waals surface area contributed by atoms with Crippen molar-refractivity contribution < 1.29 is 5.11 Å². The summed E-state index contributed by atoms with van der Waals surface area (Å²) >= 11 is 6.00. The molecule has 0 spiro atoms. The number of hydrogen-bond acceptors (Lipinski definition) is 3. The van der Waals surface area contributed by atoms with Gasteiger partial charge < -0.3 is 9.67 Å². The Morgan fingerprint density at radius 3 is 2.95 bits per heavy atom. The van der Waals surface area contributed by atoms with Crippen LogP contribution in [0.1, 0.15) is 6.92 Å². The fourth-order valence-electron chi connectivity index (χ4n) is 2.15. The SMILES string of the molecule is CCn1c(-c2cc(Cl)ccc2O)nc2cccnc21. The zero-order valence-electron chi connectivity index (χ0n) is 10.3. The van der Waals surface area contributed by atoms with Crippen molar-refractivity contribution in [1.29, 1.82) is 0 Å². The Bertz CT molecular complexity index is 752. The van der Waals surface area contributed by atoms with Gasteiger partial charge in [-0.05, 0) is 37.3 Å². The monoisotopic (exact) mass is 273 g/mol. The van der Waals surface area contributed by atoms with Crippen LogP contribution in [-0.2, 0) is 6.54 Å². The molecular formula is C14H12ClN3O. The summed E-state index contributed by atoms with van der Waals surface area (Å²) in [6.45, 7) is 2.73. The average Bonchev–Trinajstić information content (AvgIpc) is 2.79. The molecule has 2 heterocycles. The number of hydrogen-bond donors (Lipinski definition) is 1. The first-order valence-electron chi connectivity index (χ1n) is 6.01. The number of aromatic hydroxyl groups is 1. The highest BCUT2D eigenvalue weighted by Gasteiger charge is 2.15. The van der Waals surface area contributed by atoms with Gasteiger partial charge in [-0.15, -0.1) is 0 Å². The van der Waals surface area contributed by atoms with Gasteiger partial charge in [0.15, 0.2) is 5.65 Å². The second-order valence-corrected chi connectivity index (χ2v) is 4.62. The minimum Gasteiger partial charge on any atom is -0.507 e. The predicted octanol–water partition coefficient (Wildman–Crippen LogP) is 3.48. The molecule has 2 aromatic heterocycles. The molecule has 0 fully saturated rings. The van der Waals surface area contributed by atoms with E-state index in [1.165, 1.54) is 0 Å². The summed E-state index contributed by atoms with van der Waals surface area (Å²) in [7, 11) is 0. The lowest BCUT2D eigenvalue weighted by Gasteiger charge is -2.07. The van der Waals surface area contributed by atoms with Crippen molar-refractivity contribution in [1.82, 2.24) is 14.5 Å². The Morgan fingerprint density at radius 1 is 1.32 bits per heavy atom. The summed E-state index contributed by atoms with van der Waals surface area (Å²) in [5.74, 6) is 0.839. The van der Waals surface area contributed by atoms with Gasteiger partial charge in [0.2, 0.25) is 0 Å². The van der Waals surface area contributed by atoms with Crippen molar-refractivity contribution in [3.05, 3.63) is 41.6 Å². The van der Waals surface area contributed by atoms with E-state index in [-0.39, 0.29) is 5.75 Å². The fraction of sp³-hybridized carbons (Fsp3) is 0.143. The molecule has 5 heteroatoms. The Kier molecular flexibility index (Phi) is 2.87. The molecule has 0 aliphatic rings. The van der Waals surface area contributed by atoms with Gasteiger partial charge >= 0.3 is 0 Å². The van der Waals surface area contributed by atoms with Crippen LogP contribution in [0.15, 0.2) is 36.5 Å². The third kappa shape index (κ3) is 1.94. The maximum Gasteiger partial charge on any atom is 0.160 e. The second kappa shape index (κ2) is 4.55. The minimum absolute atomic E-state index is 0.161. The van der Waals surface area contributed by atoms with Crippen molar-refractivity contribution >= 4 is 22.8 Å². The number of benzene rings is 1. The van der Waals surface area contributed by atoms with Gasteiger partial charge in [0.1, 0.15) is 17.1 Å². The summed E-state index contributed by atoms with van der Waals surface area (Å²) in [6.07, 6.45) is 1.73. The van der Waals surface area contributed by atoms with Crippen LogP contribution in [0.25, 0.3) is 22.6 Å².